The lowest BCUT2D eigenvalue weighted by molar-refractivity contribution is 0.250. The molecule has 9 heteroatoms. The van der Waals surface area contributed by atoms with Crippen LogP contribution in [0.25, 0.3) is 20.3 Å². The van der Waals surface area contributed by atoms with Crippen molar-refractivity contribution in [3.05, 3.63) is 63.7 Å². The van der Waals surface area contributed by atoms with E-state index in [0.717, 1.165) is 65.2 Å². The molecule has 0 amide bonds. The van der Waals surface area contributed by atoms with E-state index in [1.54, 1.807) is 11.7 Å². The average molecular weight is 503 g/mol. The molecule has 1 aliphatic heterocycles. The zero-order valence-electron chi connectivity index (χ0n) is 18.5. The smallest absolute Gasteiger partial charge is 0.272 e. The molecule has 5 rings (SSSR count). The highest BCUT2D eigenvalue weighted by atomic mass is 35.5. The van der Waals surface area contributed by atoms with E-state index in [9.17, 15) is 4.79 Å². The first kappa shape index (κ1) is 23.8. The first-order valence-electron chi connectivity index (χ1n) is 10.9. The molecular weight excluding hydrogens is 476 g/mol. The van der Waals surface area contributed by atoms with Crippen molar-refractivity contribution in [2.45, 2.75) is 13.0 Å². The highest BCUT2D eigenvalue weighted by Crippen LogP contribution is 2.30. The Morgan fingerprint density at radius 2 is 1.76 bits per heavy atom. The van der Waals surface area contributed by atoms with Gasteiger partial charge in [-0.25, -0.2) is 0 Å². The van der Waals surface area contributed by atoms with Gasteiger partial charge in [0.1, 0.15) is 10.4 Å². The lowest BCUT2D eigenvalue weighted by atomic mass is 10.2. The Kier molecular flexibility index (Phi) is 7.38. The van der Waals surface area contributed by atoms with Gasteiger partial charge < -0.3 is 14.6 Å². The Morgan fingerprint density at radius 1 is 1.03 bits per heavy atom. The second kappa shape index (κ2) is 10.3. The van der Waals surface area contributed by atoms with Crippen LogP contribution in [0.3, 0.4) is 0 Å². The van der Waals surface area contributed by atoms with Crippen molar-refractivity contribution in [3.63, 3.8) is 0 Å². The van der Waals surface area contributed by atoms with Gasteiger partial charge in [0.05, 0.1) is 12.6 Å². The van der Waals surface area contributed by atoms with Crippen molar-refractivity contribution in [2.24, 2.45) is 0 Å². The third-order valence-corrected chi connectivity index (χ3v) is 7.66. The fraction of sp³-hybridized carbons (Fsp3) is 0.333. The number of benzene rings is 2. The Morgan fingerprint density at radius 3 is 2.48 bits per heavy atom. The molecule has 0 bridgehead atoms. The summed E-state index contributed by atoms with van der Waals surface area (Å²) in [7, 11) is 1.69. The Bertz CT molecular complexity index is 1360. The van der Waals surface area contributed by atoms with Crippen LogP contribution in [0, 0.1) is 4.77 Å². The Labute approximate surface area is 207 Å². The van der Waals surface area contributed by atoms with Crippen molar-refractivity contribution in [1.82, 2.24) is 14.5 Å². The molecule has 2 aromatic carbocycles. The second-order valence-corrected chi connectivity index (χ2v) is 9.51. The van der Waals surface area contributed by atoms with Crippen LogP contribution in [0.2, 0.25) is 0 Å². The summed E-state index contributed by atoms with van der Waals surface area (Å²) < 4.78 is 9.35. The van der Waals surface area contributed by atoms with Gasteiger partial charge in [-0.05, 0) is 55.5 Å². The minimum absolute atomic E-state index is 0. The number of thiophene rings is 1. The average Bonchev–Trinajstić information content (AvgIpc) is 3.20. The summed E-state index contributed by atoms with van der Waals surface area (Å²) in [5, 5.41) is 1.07. The number of anilines is 1. The van der Waals surface area contributed by atoms with Crippen LogP contribution in [0.5, 0.6) is 5.75 Å². The van der Waals surface area contributed by atoms with Gasteiger partial charge in [0.25, 0.3) is 5.56 Å². The van der Waals surface area contributed by atoms with Gasteiger partial charge in [0, 0.05) is 48.5 Å². The number of nitrogens with one attached hydrogen (secondary N) is 1. The highest BCUT2D eigenvalue weighted by molar-refractivity contribution is 7.71. The Balaban J connectivity index is 0.00000259. The number of methoxy groups -OCH3 is 1. The molecule has 0 radical (unpaired) electrons. The second-order valence-electron chi connectivity index (χ2n) is 8.07. The molecule has 174 valence electrons. The third kappa shape index (κ3) is 4.80. The largest absolute Gasteiger partial charge is 0.497 e. The SMILES string of the molecule is COc1ccc(N2CCN(CCCn3c(=S)[nH]c4c(sc5ccccc54)c3=O)CC2)cc1.Cl. The molecule has 6 nitrogen and oxygen atoms in total. The summed E-state index contributed by atoms with van der Waals surface area (Å²) in [6.07, 6.45) is 0.899. The van der Waals surface area contributed by atoms with Crippen molar-refractivity contribution in [2.75, 3.05) is 44.7 Å². The fourth-order valence-electron chi connectivity index (χ4n) is 4.39. The summed E-state index contributed by atoms with van der Waals surface area (Å²) in [5.74, 6) is 0.884. The van der Waals surface area contributed by atoms with Gasteiger partial charge in [-0.1, -0.05) is 18.2 Å². The standard InChI is InChI=1S/C24H26N4O2S2.ClH/c1-30-18-9-7-17(8-10-18)27-15-13-26(14-16-27)11-4-12-28-23(29)22-21(25-24(28)31)19-5-2-3-6-20(19)32-22;/h2-3,5-10H,4,11-16H2,1H3,(H,25,31);1H. The van der Waals surface area contributed by atoms with E-state index in [2.05, 4.69) is 26.9 Å². The molecule has 1 saturated heterocycles. The number of aromatic amines is 1. The van der Waals surface area contributed by atoms with Crippen LogP contribution >= 0.6 is 36.0 Å². The number of rotatable bonds is 6. The quantitative estimate of drug-likeness (QED) is 0.379. The van der Waals surface area contributed by atoms with Gasteiger partial charge in [-0.2, -0.15) is 0 Å². The van der Waals surface area contributed by atoms with Crippen LogP contribution in [0.1, 0.15) is 6.42 Å². The summed E-state index contributed by atoms with van der Waals surface area (Å²) in [4.78, 5) is 21.3. The number of aromatic nitrogens is 2. The maximum Gasteiger partial charge on any atom is 0.272 e. The number of piperazine rings is 1. The molecule has 4 aromatic rings. The summed E-state index contributed by atoms with van der Waals surface area (Å²) >= 11 is 7.07. The molecule has 2 aromatic heterocycles. The zero-order chi connectivity index (χ0) is 22.1. The fourth-order valence-corrected chi connectivity index (χ4v) is 5.77. The van der Waals surface area contributed by atoms with Crippen LogP contribution in [-0.2, 0) is 6.54 Å². The van der Waals surface area contributed by atoms with E-state index >= 15 is 0 Å². The lowest BCUT2D eigenvalue weighted by Crippen LogP contribution is -2.46. The number of hydrogen-bond acceptors (Lipinski definition) is 6. The molecule has 0 saturated carbocycles. The molecule has 0 atom stereocenters. The van der Waals surface area contributed by atoms with Gasteiger partial charge in [-0.3, -0.25) is 14.3 Å². The van der Waals surface area contributed by atoms with Gasteiger partial charge in [0.15, 0.2) is 4.77 Å². The van der Waals surface area contributed by atoms with E-state index in [1.165, 1.54) is 17.0 Å². The van der Waals surface area contributed by atoms with Crippen LogP contribution in [-0.4, -0.2) is 54.3 Å². The van der Waals surface area contributed by atoms with E-state index in [0.29, 0.717) is 11.3 Å². The highest BCUT2D eigenvalue weighted by Gasteiger charge is 2.17. The molecule has 0 unspecified atom stereocenters. The normalized spacial score (nSPS) is 14.5. The maximum atomic E-state index is 13.1. The third-order valence-electron chi connectivity index (χ3n) is 6.18. The molecule has 1 fully saturated rings. The minimum Gasteiger partial charge on any atom is -0.497 e. The molecule has 1 aliphatic rings. The monoisotopic (exact) mass is 502 g/mol. The van der Waals surface area contributed by atoms with E-state index in [4.69, 9.17) is 17.0 Å². The van der Waals surface area contributed by atoms with E-state index in [1.807, 2.05) is 36.4 Å². The van der Waals surface area contributed by atoms with Crippen LogP contribution in [0.15, 0.2) is 53.3 Å². The van der Waals surface area contributed by atoms with Crippen molar-refractivity contribution in [3.8, 4) is 5.75 Å². The number of nitrogens with zero attached hydrogens (tertiary/aromatic N) is 3. The van der Waals surface area contributed by atoms with Crippen LogP contribution in [0.4, 0.5) is 5.69 Å². The predicted molar refractivity (Wildman–Crippen MR) is 142 cm³/mol. The van der Waals surface area contributed by atoms with Gasteiger partial charge in [0.2, 0.25) is 0 Å². The first-order chi connectivity index (χ1) is 15.6. The van der Waals surface area contributed by atoms with Crippen molar-refractivity contribution < 1.29 is 4.74 Å². The number of halogens is 1. The molecular formula is C24H27ClN4O2S2. The molecule has 0 aliphatic carbocycles. The van der Waals surface area contributed by atoms with Gasteiger partial charge >= 0.3 is 0 Å². The number of fused-ring (bicyclic) bond motifs is 3. The number of H-pyrrole nitrogens is 1. The van der Waals surface area contributed by atoms with Gasteiger partial charge in [-0.15, -0.1) is 23.7 Å². The number of ether oxygens (including phenoxy) is 1. The zero-order valence-corrected chi connectivity index (χ0v) is 20.9. The maximum absolute atomic E-state index is 13.1. The molecule has 3 heterocycles. The predicted octanol–water partition coefficient (Wildman–Crippen LogP) is 4.92. The summed E-state index contributed by atoms with van der Waals surface area (Å²) in [6.45, 7) is 5.63. The van der Waals surface area contributed by atoms with Crippen LogP contribution < -0.4 is 15.2 Å². The molecule has 1 N–H and O–H groups in total. The number of hydrogen-bond donors (Lipinski definition) is 1. The van der Waals surface area contributed by atoms with E-state index in [-0.39, 0.29) is 18.0 Å². The van der Waals surface area contributed by atoms with Crippen molar-refractivity contribution >= 4 is 62.0 Å². The first-order valence-corrected chi connectivity index (χ1v) is 12.1. The topological polar surface area (TPSA) is 53.5 Å². The van der Waals surface area contributed by atoms with Crippen molar-refractivity contribution in [1.29, 1.82) is 0 Å². The Hall–Kier alpha value is -2.39. The molecule has 33 heavy (non-hydrogen) atoms. The lowest BCUT2D eigenvalue weighted by Gasteiger charge is -2.36. The summed E-state index contributed by atoms with van der Waals surface area (Å²) in [5.41, 5.74) is 2.13. The summed E-state index contributed by atoms with van der Waals surface area (Å²) in [6, 6.07) is 16.3. The molecule has 0 spiro atoms. The van der Waals surface area contributed by atoms with E-state index < -0.39 is 0 Å². The minimum atomic E-state index is 0.